The van der Waals surface area contributed by atoms with Crippen LogP contribution >= 0.6 is 15.9 Å². The summed E-state index contributed by atoms with van der Waals surface area (Å²) in [5, 5.41) is 3.40. The van der Waals surface area contributed by atoms with E-state index in [1.165, 1.54) is 0 Å². The fourth-order valence-corrected chi connectivity index (χ4v) is 2.25. The normalized spacial score (nSPS) is 12.3. The Hall–Kier alpha value is -1.46. The Balaban J connectivity index is 2.43. The first-order valence-electron chi connectivity index (χ1n) is 5.76. The zero-order chi connectivity index (χ0) is 13.0. The quantitative estimate of drug-likeness (QED) is 0.911. The molecule has 2 aromatic heterocycles. The van der Waals surface area contributed by atoms with Gasteiger partial charge in [0.2, 0.25) is 0 Å². The van der Waals surface area contributed by atoms with E-state index in [4.69, 9.17) is 5.73 Å². The van der Waals surface area contributed by atoms with Gasteiger partial charge in [-0.3, -0.25) is 4.98 Å². The van der Waals surface area contributed by atoms with Crippen LogP contribution < -0.4 is 11.1 Å². The van der Waals surface area contributed by atoms with Gasteiger partial charge in [0.15, 0.2) is 0 Å². The minimum absolute atomic E-state index is 0.00806. The molecule has 94 valence electrons. The van der Waals surface area contributed by atoms with Crippen LogP contribution in [0.15, 0.2) is 41.3 Å². The molecule has 2 heterocycles. The van der Waals surface area contributed by atoms with E-state index in [1.54, 1.807) is 12.4 Å². The number of anilines is 1. The maximum absolute atomic E-state index is 5.94. The van der Waals surface area contributed by atoms with E-state index in [9.17, 15) is 0 Å². The number of pyridine rings is 2. The van der Waals surface area contributed by atoms with Crippen molar-refractivity contribution in [1.29, 1.82) is 0 Å². The first-order valence-corrected chi connectivity index (χ1v) is 6.56. The lowest BCUT2D eigenvalue weighted by atomic mass is 10.0. The van der Waals surface area contributed by atoms with Crippen molar-refractivity contribution in [2.75, 3.05) is 12.3 Å². The van der Waals surface area contributed by atoms with E-state index in [0.717, 1.165) is 22.1 Å². The van der Waals surface area contributed by atoms with Crippen molar-refractivity contribution < 1.29 is 0 Å². The van der Waals surface area contributed by atoms with Crippen molar-refractivity contribution in [1.82, 2.24) is 15.3 Å². The van der Waals surface area contributed by atoms with E-state index in [-0.39, 0.29) is 6.04 Å². The minimum atomic E-state index is 0.00806. The number of nitrogen functional groups attached to an aromatic ring is 1. The molecule has 2 rings (SSSR count). The molecule has 0 saturated heterocycles. The van der Waals surface area contributed by atoms with Crippen molar-refractivity contribution in [2.45, 2.75) is 13.0 Å². The SMILES string of the molecule is CCNC(c1cncc(Br)c1)c1cccnc1N. The summed E-state index contributed by atoms with van der Waals surface area (Å²) in [5.41, 5.74) is 7.98. The van der Waals surface area contributed by atoms with Gasteiger partial charge in [-0.1, -0.05) is 13.0 Å². The third-order valence-corrected chi connectivity index (χ3v) is 3.08. The maximum atomic E-state index is 5.94. The van der Waals surface area contributed by atoms with Crippen molar-refractivity contribution in [3.63, 3.8) is 0 Å². The summed E-state index contributed by atoms with van der Waals surface area (Å²) in [6.07, 6.45) is 5.30. The third-order valence-electron chi connectivity index (χ3n) is 2.65. The number of nitrogens with two attached hydrogens (primary N) is 1. The molecule has 0 aliphatic rings. The molecule has 4 nitrogen and oxygen atoms in total. The van der Waals surface area contributed by atoms with Crippen molar-refractivity contribution in [3.8, 4) is 0 Å². The van der Waals surface area contributed by atoms with Gasteiger partial charge in [0.1, 0.15) is 5.82 Å². The fraction of sp³-hybridized carbons (Fsp3) is 0.231. The van der Waals surface area contributed by atoms with Gasteiger partial charge in [-0.15, -0.1) is 0 Å². The Bertz CT molecular complexity index is 530. The van der Waals surface area contributed by atoms with Gasteiger partial charge < -0.3 is 11.1 Å². The molecule has 1 atom stereocenters. The van der Waals surface area contributed by atoms with Crippen LogP contribution in [0.1, 0.15) is 24.1 Å². The molecule has 0 radical (unpaired) electrons. The molecule has 1 unspecified atom stereocenters. The zero-order valence-corrected chi connectivity index (χ0v) is 11.7. The predicted molar refractivity (Wildman–Crippen MR) is 76.1 cm³/mol. The lowest BCUT2D eigenvalue weighted by Crippen LogP contribution is -2.23. The number of nitrogens with one attached hydrogen (secondary N) is 1. The molecule has 0 aromatic carbocycles. The van der Waals surface area contributed by atoms with Gasteiger partial charge in [-0.05, 0) is 40.2 Å². The minimum Gasteiger partial charge on any atom is -0.383 e. The molecule has 3 N–H and O–H groups in total. The highest BCUT2D eigenvalue weighted by atomic mass is 79.9. The van der Waals surface area contributed by atoms with Crippen LogP contribution in [-0.2, 0) is 0 Å². The molecule has 0 saturated carbocycles. The number of aromatic nitrogens is 2. The molecule has 5 heteroatoms. The Labute approximate surface area is 115 Å². The smallest absolute Gasteiger partial charge is 0.128 e. The van der Waals surface area contributed by atoms with E-state index in [1.807, 2.05) is 24.4 Å². The van der Waals surface area contributed by atoms with Crippen LogP contribution in [0.2, 0.25) is 0 Å². The topological polar surface area (TPSA) is 63.8 Å². The average molecular weight is 307 g/mol. The van der Waals surface area contributed by atoms with Crippen LogP contribution in [0.3, 0.4) is 0 Å². The van der Waals surface area contributed by atoms with Gasteiger partial charge in [0.25, 0.3) is 0 Å². The highest BCUT2D eigenvalue weighted by molar-refractivity contribution is 9.10. The van der Waals surface area contributed by atoms with Crippen molar-refractivity contribution >= 4 is 21.7 Å². The van der Waals surface area contributed by atoms with Crippen LogP contribution in [0, 0.1) is 0 Å². The lowest BCUT2D eigenvalue weighted by Gasteiger charge is -2.19. The van der Waals surface area contributed by atoms with E-state index < -0.39 is 0 Å². The first kappa shape index (κ1) is 13.0. The largest absolute Gasteiger partial charge is 0.383 e. The second kappa shape index (κ2) is 5.93. The number of hydrogen-bond donors (Lipinski definition) is 2. The zero-order valence-electron chi connectivity index (χ0n) is 10.1. The maximum Gasteiger partial charge on any atom is 0.128 e. The standard InChI is InChI=1S/C13H15BrN4/c1-2-17-12(9-6-10(14)8-16-7-9)11-4-3-5-18-13(11)15/h3-8,12,17H,2H2,1H3,(H2,15,18). The third kappa shape index (κ3) is 2.86. The Kier molecular flexibility index (Phi) is 4.28. The van der Waals surface area contributed by atoms with Gasteiger partial charge in [-0.25, -0.2) is 4.98 Å². The van der Waals surface area contributed by atoms with Crippen LogP contribution in [0.4, 0.5) is 5.82 Å². The molecule has 0 aliphatic carbocycles. The lowest BCUT2D eigenvalue weighted by molar-refractivity contribution is 0.628. The van der Waals surface area contributed by atoms with E-state index >= 15 is 0 Å². The van der Waals surface area contributed by atoms with Gasteiger partial charge in [-0.2, -0.15) is 0 Å². The highest BCUT2D eigenvalue weighted by Gasteiger charge is 2.16. The van der Waals surface area contributed by atoms with Crippen LogP contribution in [0.25, 0.3) is 0 Å². The van der Waals surface area contributed by atoms with Crippen molar-refractivity contribution in [3.05, 3.63) is 52.4 Å². The predicted octanol–water partition coefficient (Wildman–Crippen LogP) is 2.52. The molecule has 0 bridgehead atoms. The number of hydrogen-bond acceptors (Lipinski definition) is 4. The fourth-order valence-electron chi connectivity index (χ4n) is 1.87. The van der Waals surface area contributed by atoms with Crippen LogP contribution in [0.5, 0.6) is 0 Å². The summed E-state index contributed by atoms with van der Waals surface area (Å²) < 4.78 is 0.949. The molecule has 0 fully saturated rings. The molecule has 18 heavy (non-hydrogen) atoms. The van der Waals surface area contributed by atoms with E-state index in [2.05, 4.69) is 38.1 Å². The Morgan fingerprint density at radius 3 is 2.94 bits per heavy atom. The first-order chi connectivity index (χ1) is 8.72. The average Bonchev–Trinajstić information content (AvgIpc) is 2.37. The summed E-state index contributed by atoms with van der Waals surface area (Å²) in [4.78, 5) is 8.33. The molecular formula is C13H15BrN4. The van der Waals surface area contributed by atoms with Crippen LogP contribution in [-0.4, -0.2) is 16.5 Å². The molecule has 0 spiro atoms. The second-order valence-electron chi connectivity index (χ2n) is 3.91. The molecule has 0 amide bonds. The van der Waals surface area contributed by atoms with Gasteiger partial charge in [0, 0.05) is 28.6 Å². The number of rotatable bonds is 4. The second-order valence-corrected chi connectivity index (χ2v) is 4.82. The number of halogens is 1. The monoisotopic (exact) mass is 306 g/mol. The number of nitrogens with zero attached hydrogens (tertiary/aromatic N) is 2. The van der Waals surface area contributed by atoms with E-state index in [0.29, 0.717) is 5.82 Å². The molecule has 0 aliphatic heterocycles. The molecular weight excluding hydrogens is 292 g/mol. The van der Waals surface area contributed by atoms with Gasteiger partial charge >= 0.3 is 0 Å². The summed E-state index contributed by atoms with van der Waals surface area (Å²) >= 11 is 3.44. The summed E-state index contributed by atoms with van der Waals surface area (Å²) in [5.74, 6) is 0.545. The van der Waals surface area contributed by atoms with Crippen molar-refractivity contribution in [2.24, 2.45) is 0 Å². The summed E-state index contributed by atoms with van der Waals surface area (Å²) in [6.45, 7) is 2.90. The molecule has 2 aromatic rings. The Morgan fingerprint density at radius 1 is 1.44 bits per heavy atom. The Morgan fingerprint density at radius 2 is 2.28 bits per heavy atom. The highest BCUT2D eigenvalue weighted by Crippen LogP contribution is 2.26. The summed E-state index contributed by atoms with van der Waals surface area (Å²) in [7, 11) is 0. The van der Waals surface area contributed by atoms with Gasteiger partial charge in [0.05, 0.1) is 6.04 Å². The summed E-state index contributed by atoms with van der Waals surface area (Å²) in [6, 6.07) is 5.92.